The maximum atomic E-state index is 12.7. The van der Waals surface area contributed by atoms with Gasteiger partial charge in [-0.05, 0) is 37.0 Å². The van der Waals surface area contributed by atoms with E-state index in [2.05, 4.69) is 10.3 Å². The number of aliphatic hydroxyl groups is 1. The average molecular weight is 325 g/mol. The standard InChI is InChI=1S/C11H14F3N3O3S/c12-11(13,14)7-2-1-3-10(18,4-7)6-16-9-15-5-8(21-9)17(19)20/h5,7,18H,1-4,6H2,(H,15,16). The van der Waals surface area contributed by atoms with Crippen LogP contribution in [0.15, 0.2) is 6.20 Å². The van der Waals surface area contributed by atoms with Gasteiger partial charge in [-0.3, -0.25) is 10.1 Å². The van der Waals surface area contributed by atoms with Crippen LogP contribution in [0.2, 0.25) is 0 Å². The summed E-state index contributed by atoms with van der Waals surface area (Å²) in [4.78, 5) is 13.7. The molecule has 1 aliphatic rings. The van der Waals surface area contributed by atoms with Crippen LogP contribution in [-0.2, 0) is 0 Å². The number of aromatic nitrogens is 1. The van der Waals surface area contributed by atoms with Crippen LogP contribution in [0.3, 0.4) is 0 Å². The Kier molecular flexibility index (Phi) is 4.38. The van der Waals surface area contributed by atoms with E-state index in [0.29, 0.717) is 6.42 Å². The summed E-state index contributed by atoms with van der Waals surface area (Å²) in [7, 11) is 0. The molecule has 1 aromatic heterocycles. The van der Waals surface area contributed by atoms with Crippen molar-refractivity contribution in [1.82, 2.24) is 4.98 Å². The summed E-state index contributed by atoms with van der Waals surface area (Å²) in [5.74, 6) is -1.51. The number of rotatable bonds is 4. The lowest BCUT2D eigenvalue weighted by Crippen LogP contribution is -2.45. The van der Waals surface area contributed by atoms with E-state index in [9.17, 15) is 28.4 Å². The van der Waals surface area contributed by atoms with Gasteiger partial charge in [0, 0.05) is 6.54 Å². The molecule has 0 aromatic carbocycles. The number of nitrogens with zero attached hydrogens (tertiary/aromatic N) is 2. The second-order valence-electron chi connectivity index (χ2n) is 5.17. The van der Waals surface area contributed by atoms with Gasteiger partial charge in [0.15, 0.2) is 5.13 Å². The maximum Gasteiger partial charge on any atom is 0.391 e. The van der Waals surface area contributed by atoms with Crippen LogP contribution in [0.1, 0.15) is 25.7 Å². The molecule has 0 bridgehead atoms. The summed E-state index contributed by atoms with van der Waals surface area (Å²) in [6, 6.07) is 0. The molecule has 1 fully saturated rings. The minimum Gasteiger partial charge on any atom is -0.388 e. The number of thiazole rings is 1. The molecule has 1 heterocycles. The summed E-state index contributed by atoms with van der Waals surface area (Å²) in [5, 5.41) is 23.5. The van der Waals surface area contributed by atoms with Crippen LogP contribution in [0.4, 0.5) is 23.3 Å². The van der Waals surface area contributed by atoms with E-state index in [1.165, 1.54) is 0 Å². The molecule has 2 unspecified atom stereocenters. The maximum absolute atomic E-state index is 12.7. The summed E-state index contributed by atoms with van der Waals surface area (Å²) >= 11 is 0.780. The van der Waals surface area contributed by atoms with E-state index in [1.807, 2.05) is 0 Å². The Balaban J connectivity index is 1.95. The summed E-state index contributed by atoms with van der Waals surface area (Å²) in [5.41, 5.74) is -1.47. The third-order valence-corrected chi connectivity index (χ3v) is 4.43. The molecule has 2 atom stereocenters. The highest BCUT2D eigenvalue weighted by Gasteiger charge is 2.46. The van der Waals surface area contributed by atoms with Gasteiger partial charge in [-0.25, -0.2) is 4.98 Å². The molecule has 10 heteroatoms. The molecule has 1 aliphatic carbocycles. The summed E-state index contributed by atoms with van der Waals surface area (Å²) < 4.78 is 38.2. The molecule has 0 spiro atoms. The number of nitro groups is 1. The van der Waals surface area contributed by atoms with Gasteiger partial charge in [0.2, 0.25) is 0 Å². The Morgan fingerprint density at radius 3 is 2.90 bits per heavy atom. The number of hydrogen-bond donors (Lipinski definition) is 2. The summed E-state index contributed by atoms with van der Waals surface area (Å²) in [6.45, 7) is -0.107. The largest absolute Gasteiger partial charge is 0.391 e. The van der Waals surface area contributed by atoms with Crippen molar-refractivity contribution in [1.29, 1.82) is 0 Å². The fourth-order valence-electron chi connectivity index (χ4n) is 2.45. The highest BCUT2D eigenvalue weighted by Crippen LogP contribution is 2.41. The molecule has 1 aromatic rings. The van der Waals surface area contributed by atoms with Crippen molar-refractivity contribution in [3.63, 3.8) is 0 Å². The predicted molar refractivity (Wildman–Crippen MR) is 70.2 cm³/mol. The molecule has 0 aliphatic heterocycles. The first-order valence-corrected chi connectivity index (χ1v) is 7.14. The minimum atomic E-state index is -4.31. The fourth-order valence-corrected chi connectivity index (χ4v) is 3.08. The quantitative estimate of drug-likeness (QED) is 0.656. The van der Waals surface area contributed by atoms with Crippen LogP contribution in [0.25, 0.3) is 0 Å². The Hall–Kier alpha value is -1.42. The van der Waals surface area contributed by atoms with Gasteiger partial charge in [-0.1, -0.05) is 0 Å². The third kappa shape index (κ3) is 4.03. The van der Waals surface area contributed by atoms with Crippen LogP contribution >= 0.6 is 11.3 Å². The first-order chi connectivity index (χ1) is 9.70. The summed E-state index contributed by atoms with van der Waals surface area (Å²) in [6.07, 6.45) is -3.03. The Morgan fingerprint density at radius 2 is 2.33 bits per heavy atom. The molecular formula is C11H14F3N3O3S. The van der Waals surface area contributed by atoms with E-state index in [1.54, 1.807) is 0 Å². The zero-order valence-electron chi connectivity index (χ0n) is 10.9. The monoisotopic (exact) mass is 325 g/mol. The van der Waals surface area contributed by atoms with E-state index < -0.39 is 22.6 Å². The minimum absolute atomic E-state index is 0.0224. The van der Waals surface area contributed by atoms with Gasteiger partial charge in [0.05, 0.1) is 16.4 Å². The van der Waals surface area contributed by atoms with Crippen molar-refractivity contribution in [2.75, 3.05) is 11.9 Å². The van der Waals surface area contributed by atoms with Crippen LogP contribution in [0, 0.1) is 16.0 Å². The predicted octanol–water partition coefficient (Wildman–Crippen LogP) is 2.95. The Morgan fingerprint density at radius 1 is 1.62 bits per heavy atom. The molecule has 1 saturated carbocycles. The first-order valence-electron chi connectivity index (χ1n) is 6.33. The number of halogens is 3. The molecule has 0 radical (unpaired) electrons. The second-order valence-corrected chi connectivity index (χ2v) is 6.18. The Labute approximate surface area is 122 Å². The van der Waals surface area contributed by atoms with Gasteiger partial charge in [0.1, 0.15) is 6.20 Å². The lowest BCUT2D eigenvalue weighted by atomic mass is 9.77. The van der Waals surface area contributed by atoms with Crippen molar-refractivity contribution >= 4 is 21.5 Å². The van der Waals surface area contributed by atoms with Crippen LogP contribution in [0.5, 0.6) is 0 Å². The smallest absolute Gasteiger partial charge is 0.388 e. The van der Waals surface area contributed by atoms with Crippen molar-refractivity contribution in [3.8, 4) is 0 Å². The average Bonchev–Trinajstić information content (AvgIpc) is 2.84. The van der Waals surface area contributed by atoms with Gasteiger partial charge in [-0.2, -0.15) is 13.2 Å². The van der Waals surface area contributed by atoms with Crippen molar-refractivity contribution < 1.29 is 23.2 Å². The van der Waals surface area contributed by atoms with Crippen molar-refractivity contribution in [2.24, 2.45) is 5.92 Å². The van der Waals surface area contributed by atoms with Crippen LogP contribution < -0.4 is 5.32 Å². The van der Waals surface area contributed by atoms with Gasteiger partial charge in [0.25, 0.3) is 0 Å². The first kappa shape index (κ1) is 16.0. The number of alkyl halides is 3. The van der Waals surface area contributed by atoms with E-state index in [0.717, 1.165) is 17.5 Å². The highest BCUT2D eigenvalue weighted by molar-refractivity contribution is 7.18. The van der Waals surface area contributed by atoms with Gasteiger partial charge >= 0.3 is 11.2 Å². The Bertz CT molecular complexity index is 522. The highest BCUT2D eigenvalue weighted by atomic mass is 32.1. The molecule has 21 heavy (non-hydrogen) atoms. The SMILES string of the molecule is O=[N+]([O-])c1cnc(NCC2(O)CCCC(C(F)(F)F)C2)s1. The van der Waals surface area contributed by atoms with Crippen molar-refractivity contribution in [3.05, 3.63) is 16.3 Å². The lowest BCUT2D eigenvalue weighted by molar-refractivity contribution is -0.380. The molecule has 2 N–H and O–H groups in total. The number of anilines is 1. The second kappa shape index (κ2) is 5.76. The zero-order chi connectivity index (χ0) is 15.7. The van der Waals surface area contributed by atoms with Gasteiger partial charge in [-0.15, -0.1) is 0 Å². The third-order valence-electron chi connectivity index (χ3n) is 3.53. The molecule has 0 saturated heterocycles. The lowest BCUT2D eigenvalue weighted by Gasteiger charge is -2.37. The normalized spacial score (nSPS) is 26.6. The van der Waals surface area contributed by atoms with Gasteiger partial charge < -0.3 is 10.4 Å². The van der Waals surface area contributed by atoms with Crippen molar-refractivity contribution in [2.45, 2.75) is 37.5 Å². The molecule has 2 rings (SSSR count). The van der Waals surface area contributed by atoms with E-state index >= 15 is 0 Å². The molecule has 118 valence electrons. The number of hydrogen-bond acceptors (Lipinski definition) is 6. The van der Waals surface area contributed by atoms with E-state index in [-0.39, 0.29) is 35.9 Å². The van der Waals surface area contributed by atoms with Crippen LogP contribution in [-0.4, -0.2) is 33.3 Å². The molecular weight excluding hydrogens is 311 g/mol. The van der Waals surface area contributed by atoms with E-state index in [4.69, 9.17) is 0 Å². The molecule has 0 amide bonds. The molecule has 6 nitrogen and oxygen atoms in total. The topological polar surface area (TPSA) is 88.3 Å². The fraction of sp³-hybridized carbons (Fsp3) is 0.727. The zero-order valence-corrected chi connectivity index (χ0v) is 11.7. The number of nitrogens with one attached hydrogen (secondary N) is 1.